The highest BCUT2D eigenvalue weighted by atomic mass is 16.7. The van der Waals surface area contributed by atoms with Crippen molar-refractivity contribution in [3.63, 3.8) is 0 Å². The van der Waals surface area contributed by atoms with Crippen LogP contribution in [0.15, 0.2) is 132 Å². The van der Waals surface area contributed by atoms with Crippen LogP contribution in [0.5, 0.6) is 0 Å². The van der Waals surface area contributed by atoms with E-state index in [1.165, 1.54) is 86.1 Å². The summed E-state index contributed by atoms with van der Waals surface area (Å²) in [6.07, 6.45) is 4.91. The van der Waals surface area contributed by atoms with Crippen molar-refractivity contribution in [2.24, 2.45) is 0 Å². The fraction of sp³-hybridized carbons (Fsp3) is 0.0976. The third-order valence-corrected chi connectivity index (χ3v) is 10.8. The van der Waals surface area contributed by atoms with Gasteiger partial charge in [-0.3, -0.25) is 35.1 Å². The number of H-pyrrole nitrogens is 2. The molecule has 10 rings (SSSR count). The van der Waals surface area contributed by atoms with Gasteiger partial charge in [0.15, 0.2) is 0 Å². The number of nitrogens with one attached hydrogen (secondary N) is 2. The Balaban J connectivity index is 0.000000146. The Bertz CT molecular complexity index is 2770. The van der Waals surface area contributed by atoms with Crippen LogP contribution in [0.25, 0.3) is 55.3 Å². The van der Waals surface area contributed by atoms with E-state index in [0.717, 1.165) is 0 Å². The van der Waals surface area contributed by atoms with Gasteiger partial charge in [0.1, 0.15) is 0 Å². The van der Waals surface area contributed by atoms with Gasteiger partial charge in [0.25, 0.3) is 5.78 Å². The van der Waals surface area contributed by atoms with E-state index in [-0.39, 0.29) is 22.1 Å². The molecule has 2 aromatic heterocycles. The molecule has 258 valence electrons. The Labute approximate surface area is 299 Å². The van der Waals surface area contributed by atoms with Gasteiger partial charge in [-0.15, -0.1) is 0 Å². The van der Waals surface area contributed by atoms with Gasteiger partial charge in [0, 0.05) is 43.6 Å². The molecule has 0 bridgehead atoms. The molecule has 3 aliphatic rings. The number of nitrogens with zero attached hydrogens (tertiary/aromatic N) is 3. The first-order valence-corrected chi connectivity index (χ1v) is 17.0. The maximum absolute atomic E-state index is 12.3. The van der Waals surface area contributed by atoms with Crippen LogP contribution in [0.4, 0.5) is 0 Å². The van der Waals surface area contributed by atoms with E-state index in [0.29, 0.717) is 5.56 Å². The van der Waals surface area contributed by atoms with E-state index in [9.17, 15) is 35.1 Å². The number of ketones is 1. The van der Waals surface area contributed by atoms with Crippen LogP contribution in [-0.4, -0.2) is 30.5 Å². The second-order valence-electron chi connectivity index (χ2n) is 13.4. The van der Waals surface area contributed by atoms with E-state index >= 15 is 0 Å². The molecule has 0 radical (unpaired) electrons. The van der Waals surface area contributed by atoms with E-state index < -0.39 is 37.6 Å². The molecule has 12 heteroatoms. The first-order valence-electron chi connectivity index (χ1n) is 17.0. The van der Waals surface area contributed by atoms with Gasteiger partial charge < -0.3 is 9.97 Å². The van der Waals surface area contributed by atoms with Gasteiger partial charge in [-0.2, -0.15) is 0 Å². The number of benzene rings is 5. The quantitative estimate of drug-likeness (QED) is 0.133. The lowest BCUT2D eigenvalue weighted by molar-refractivity contribution is -0.498. The number of aromatic nitrogens is 2. The summed E-state index contributed by atoms with van der Waals surface area (Å²) in [5.74, 6) is -1.21. The largest absolute Gasteiger partial charge is 0.427 e. The maximum atomic E-state index is 12.3. The predicted octanol–water partition coefficient (Wildman–Crippen LogP) is 8.84. The molecule has 0 amide bonds. The van der Waals surface area contributed by atoms with Crippen LogP contribution in [0.3, 0.4) is 0 Å². The summed E-state index contributed by atoms with van der Waals surface area (Å²) in [5, 5.41) is 38.9. The molecule has 1 saturated carbocycles. The second-order valence-corrected chi connectivity index (χ2v) is 13.4. The van der Waals surface area contributed by atoms with E-state index in [1.54, 1.807) is 18.2 Å². The lowest BCUT2D eigenvalue weighted by Crippen LogP contribution is -2.36. The van der Waals surface area contributed by atoms with Gasteiger partial charge in [-0.05, 0) is 53.3 Å². The third kappa shape index (κ3) is 4.58. The minimum atomic E-state index is -1.40. The molecule has 0 atom stereocenters. The number of hydrogen-bond acceptors (Lipinski definition) is 7. The molecule has 2 heterocycles. The Morgan fingerprint density at radius 2 is 1.04 bits per heavy atom. The number of allylic oxidation sites excluding steroid dienone is 2. The minimum Gasteiger partial charge on any atom is -0.354 e. The van der Waals surface area contributed by atoms with E-state index in [2.05, 4.69) is 94.9 Å². The number of rotatable bonds is 5. The fourth-order valence-corrected chi connectivity index (χ4v) is 8.40. The average molecular weight is 702 g/mol. The van der Waals surface area contributed by atoms with Crippen LogP contribution in [-0.2, 0) is 10.2 Å². The number of para-hydroxylation sites is 4. The fourth-order valence-electron chi connectivity index (χ4n) is 8.40. The molecular formula is C41H27N5O7. The van der Waals surface area contributed by atoms with Crippen molar-refractivity contribution in [2.75, 3.05) is 0 Å². The standard InChI is InChI=1S/C28H22N2.C13H5N3O7/c1-3-14-24-18(8-1)20-10-5-12-22(26(20)29-24)28(16-7-17-28)23-13-6-11-21-19-9-2-4-15-25(19)30-27(21)23;17-13-8-5-6-3-1-2-4-7(6)9(8)10(14(18)19)11(15(20)21)12(13)16(22)23/h1-6,8-15,29-30H,7,16-17H2;1-5H. The lowest BCUT2D eigenvalue weighted by atomic mass is 9.60. The van der Waals surface area contributed by atoms with Crippen molar-refractivity contribution in [3.8, 4) is 0 Å². The smallest absolute Gasteiger partial charge is 0.354 e. The zero-order valence-corrected chi connectivity index (χ0v) is 27.8. The molecule has 0 saturated heterocycles. The number of fused-ring (bicyclic) bond motifs is 9. The summed E-state index contributed by atoms with van der Waals surface area (Å²) >= 11 is 0. The summed E-state index contributed by atoms with van der Waals surface area (Å²) in [5.41, 5.74) is 4.28. The molecule has 0 spiro atoms. The zero-order valence-electron chi connectivity index (χ0n) is 27.8. The highest BCUT2D eigenvalue weighted by molar-refractivity contribution is 6.25. The predicted molar refractivity (Wildman–Crippen MR) is 201 cm³/mol. The molecule has 2 N–H and O–H groups in total. The monoisotopic (exact) mass is 701 g/mol. The lowest BCUT2D eigenvalue weighted by Gasteiger charge is -2.43. The van der Waals surface area contributed by atoms with Crippen molar-refractivity contribution in [1.82, 2.24) is 9.97 Å². The van der Waals surface area contributed by atoms with Crippen LogP contribution >= 0.6 is 0 Å². The van der Waals surface area contributed by atoms with Crippen LogP contribution in [0.1, 0.15) is 41.5 Å². The zero-order chi connectivity index (χ0) is 36.6. The van der Waals surface area contributed by atoms with Crippen molar-refractivity contribution in [1.29, 1.82) is 0 Å². The molecule has 12 nitrogen and oxygen atoms in total. The van der Waals surface area contributed by atoms with Crippen LogP contribution in [0, 0.1) is 30.3 Å². The van der Waals surface area contributed by atoms with Crippen LogP contribution < -0.4 is 0 Å². The Morgan fingerprint density at radius 3 is 1.55 bits per heavy atom. The highest BCUT2D eigenvalue weighted by Gasteiger charge is 2.54. The van der Waals surface area contributed by atoms with Crippen molar-refractivity contribution >= 4 is 61.0 Å². The summed E-state index contributed by atoms with van der Waals surface area (Å²) < 4.78 is 0. The summed E-state index contributed by atoms with van der Waals surface area (Å²) in [6.45, 7) is 0. The van der Waals surface area contributed by atoms with Gasteiger partial charge in [-0.25, -0.2) is 0 Å². The third-order valence-electron chi connectivity index (χ3n) is 10.8. The number of Topliss-reactive ketones (excluding diaryl/α,β-unsaturated/α-hetero) is 1. The minimum absolute atomic E-state index is 0.0563. The first-order chi connectivity index (χ1) is 25.7. The van der Waals surface area contributed by atoms with Crippen molar-refractivity contribution in [3.05, 3.63) is 184 Å². The Morgan fingerprint density at radius 1 is 0.547 bits per heavy atom. The van der Waals surface area contributed by atoms with Crippen molar-refractivity contribution < 1.29 is 19.6 Å². The molecule has 53 heavy (non-hydrogen) atoms. The SMILES string of the molecule is O=C1C2=Cc3ccccc3C2=C([N+](=O)[O-])C([N+](=O)[O-])=C1[N+](=O)[O-].c1ccc2c(c1)[nH]c1c(C3(c4cccc5c4[nH]c4ccccc45)CCC3)cccc12. The number of aromatic amines is 2. The van der Waals surface area contributed by atoms with Gasteiger partial charge in [0.05, 0.1) is 31.4 Å². The molecule has 0 unspecified atom stereocenters. The van der Waals surface area contributed by atoms with E-state index in [4.69, 9.17) is 0 Å². The highest BCUT2D eigenvalue weighted by Crippen LogP contribution is 2.53. The number of nitro groups is 3. The summed E-state index contributed by atoms with van der Waals surface area (Å²) in [7, 11) is 0. The molecule has 0 aliphatic heterocycles. The maximum Gasteiger partial charge on any atom is 0.427 e. The van der Waals surface area contributed by atoms with Crippen LogP contribution in [0.2, 0.25) is 0 Å². The number of hydrogen-bond donors (Lipinski definition) is 2. The molecule has 7 aromatic rings. The molecule has 5 aromatic carbocycles. The average Bonchev–Trinajstić information content (AvgIpc) is 3.83. The first kappa shape index (κ1) is 31.7. The topological polar surface area (TPSA) is 178 Å². The number of carbonyl (C=O) groups is 1. The Kier molecular flexibility index (Phi) is 6.99. The summed E-state index contributed by atoms with van der Waals surface area (Å²) in [4.78, 5) is 49.8. The van der Waals surface area contributed by atoms with E-state index in [1.807, 2.05) is 0 Å². The Hall–Kier alpha value is -7.21. The van der Waals surface area contributed by atoms with Gasteiger partial charge >= 0.3 is 17.1 Å². The molecule has 1 fully saturated rings. The normalized spacial score (nSPS) is 15.9. The van der Waals surface area contributed by atoms with Gasteiger partial charge in [-0.1, -0.05) is 103 Å². The van der Waals surface area contributed by atoms with Gasteiger partial charge in [0.2, 0.25) is 0 Å². The molecular weight excluding hydrogens is 674 g/mol. The number of carbonyl (C=O) groups excluding carboxylic acids is 1. The summed E-state index contributed by atoms with van der Waals surface area (Å²) in [6, 6.07) is 37.2. The van der Waals surface area contributed by atoms with Crippen molar-refractivity contribution in [2.45, 2.75) is 24.7 Å². The molecule has 3 aliphatic carbocycles. The second kappa shape index (κ2) is 11.7.